The third-order valence-electron chi connectivity index (χ3n) is 3.87. The van der Waals surface area contributed by atoms with Crippen LogP contribution < -0.4 is 5.32 Å². The molecule has 1 unspecified atom stereocenters. The van der Waals surface area contributed by atoms with Crippen LogP contribution in [-0.2, 0) is 12.0 Å². The highest BCUT2D eigenvalue weighted by atomic mass is 16.3. The van der Waals surface area contributed by atoms with Crippen molar-refractivity contribution in [3.63, 3.8) is 0 Å². The summed E-state index contributed by atoms with van der Waals surface area (Å²) in [4.78, 5) is 4.05. The average Bonchev–Trinajstić information content (AvgIpc) is 3.05. The van der Waals surface area contributed by atoms with Gasteiger partial charge in [0.25, 0.3) is 0 Å². The molecule has 0 aliphatic carbocycles. The van der Waals surface area contributed by atoms with Gasteiger partial charge in [-0.2, -0.15) is 0 Å². The van der Waals surface area contributed by atoms with Crippen molar-refractivity contribution >= 4 is 0 Å². The van der Waals surface area contributed by atoms with Crippen LogP contribution in [0.2, 0.25) is 0 Å². The molecule has 2 heterocycles. The molecule has 0 radical (unpaired) electrons. The number of rotatable bonds is 8. The first-order chi connectivity index (χ1) is 9.97. The minimum atomic E-state index is 0.0605. The fraction of sp³-hybridized carbons (Fsp3) is 0.588. The van der Waals surface area contributed by atoms with Crippen molar-refractivity contribution in [3.05, 3.63) is 42.4 Å². The second kappa shape index (κ2) is 6.94. The van der Waals surface area contributed by atoms with Gasteiger partial charge in [0.05, 0.1) is 6.33 Å². The van der Waals surface area contributed by atoms with E-state index >= 15 is 0 Å². The standard InChI is InChI=1S/C17H27N3O/c1-14(19-8-5-10-20-11-9-18-13-20)12-17(3,4)16-7-6-15(2)21-16/h6-7,9,11,13-14,19H,5,8,10,12H2,1-4H3. The lowest BCUT2D eigenvalue weighted by atomic mass is 9.83. The lowest BCUT2D eigenvalue weighted by Gasteiger charge is -2.26. The fourth-order valence-electron chi connectivity index (χ4n) is 2.77. The zero-order valence-electron chi connectivity index (χ0n) is 13.6. The zero-order valence-corrected chi connectivity index (χ0v) is 13.6. The van der Waals surface area contributed by atoms with Gasteiger partial charge in [0.2, 0.25) is 0 Å². The number of aryl methyl sites for hydroxylation is 2. The lowest BCUT2D eigenvalue weighted by Crippen LogP contribution is -2.34. The van der Waals surface area contributed by atoms with Gasteiger partial charge in [-0.1, -0.05) is 13.8 Å². The summed E-state index contributed by atoms with van der Waals surface area (Å²) in [5.74, 6) is 2.06. The molecule has 0 aliphatic rings. The van der Waals surface area contributed by atoms with E-state index in [0.717, 1.165) is 37.5 Å². The molecule has 1 N–H and O–H groups in total. The predicted octanol–water partition coefficient (Wildman–Crippen LogP) is 3.52. The minimum absolute atomic E-state index is 0.0605. The van der Waals surface area contributed by atoms with E-state index in [2.05, 4.69) is 41.7 Å². The van der Waals surface area contributed by atoms with Crippen molar-refractivity contribution in [1.82, 2.24) is 14.9 Å². The molecule has 0 aromatic carbocycles. The zero-order chi connectivity index (χ0) is 15.3. The molecular weight excluding hydrogens is 262 g/mol. The van der Waals surface area contributed by atoms with Crippen LogP contribution in [0.25, 0.3) is 0 Å². The van der Waals surface area contributed by atoms with Crippen molar-refractivity contribution < 1.29 is 4.42 Å². The smallest absolute Gasteiger partial charge is 0.109 e. The number of nitrogens with one attached hydrogen (secondary N) is 1. The molecule has 0 fully saturated rings. The van der Waals surface area contributed by atoms with Crippen LogP contribution in [-0.4, -0.2) is 22.1 Å². The molecule has 0 bridgehead atoms. The summed E-state index contributed by atoms with van der Waals surface area (Å²) in [6.07, 6.45) is 7.87. The van der Waals surface area contributed by atoms with E-state index in [9.17, 15) is 0 Å². The molecule has 0 aliphatic heterocycles. The Kier molecular flexibility index (Phi) is 5.23. The average molecular weight is 289 g/mol. The minimum Gasteiger partial charge on any atom is -0.466 e. The maximum atomic E-state index is 5.79. The number of aromatic nitrogens is 2. The van der Waals surface area contributed by atoms with Crippen molar-refractivity contribution in [3.8, 4) is 0 Å². The third-order valence-corrected chi connectivity index (χ3v) is 3.87. The molecule has 4 heteroatoms. The van der Waals surface area contributed by atoms with Gasteiger partial charge >= 0.3 is 0 Å². The highest BCUT2D eigenvalue weighted by Crippen LogP contribution is 2.29. The molecular formula is C17H27N3O. The van der Waals surface area contributed by atoms with E-state index in [4.69, 9.17) is 4.42 Å². The maximum Gasteiger partial charge on any atom is 0.109 e. The molecule has 0 amide bonds. The van der Waals surface area contributed by atoms with Gasteiger partial charge < -0.3 is 14.3 Å². The Balaban J connectivity index is 1.72. The molecule has 2 aromatic heterocycles. The van der Waals surface area contributed by atoms with Crippen LogP contribution in [0, 0.1) is 6.92 Å². The van der Waals surface area contributed by atoms with Gasteiger partial charge in [-0.15, -0.1) is 0 Å². The molecule has 4 nitrogen and oxygen atoms in total. The maximum absolute atomic E-state index is 5.79. The molecule has 2 aromatic rings. The molecule has 1 atom stereocenters. The van der Waals surface area contributed by atoms with E-state index in [1.807, 2.05) is 31.7 Å². The first-order valence-electron chi connectivity index (χ1n) is 7.73. The van der Waals surface area contributed by atoms with Crippen LogP contribution in [0.5, 0.6) is 0 Å². The Morgan fingerprint density at radius 2 is 2.19 bits per heavy atom. The SMILES string of the molecule is Cc1ccc(C(C)(C)CC(C)NCCCn2ccnc2)o1. The van der Waals surface area contributed by atoms with E-state index < -0.39 is 0 Å². The molecule has 0 spiro atoms. The molecule has 2 rings (SSSR count). The van der Waals surface area contributed by atoms with Crippen molar-refractivity contribution in [1.29, 1.82) is 0 Å². The normalized spacial score (nSPS) is 13.5. The Morgan fingerprint density at radius 1 is 1.38 bits per heavy atom. The summed E-state index contributed by atoms with van der Waals surface area (Å²) in [5, 5.41) is 3.60. The molecule has 21 heavy (non-hydrogen) atoms. The number of hydrogen-bond donors (Lipinski definition) is 1. The van der Waals surface area contributed by atoms with E-state index in [0.29, 0.717) is 6.04 Å². The quantitative estimate of drug-likeness (QED) is 0.756. The van der Waals surface area contributed by atoms with Gasteiger partial charge in [-0.3, -0.25) is 0 Å². The van der Waals surface area contributed by atoms with E-state index in [1.54, 1.807) is 0 Å². The second-order valence-electron chi connectivity index (χ2n) is 6.51. The van der Waals surface area contributed by atoms with Crippen LogP contribution >= 0.6 is 0 Å². The summed E-state index contributed by atoms with van der Waals surface area (Å²) < 4.78 is 7.90. The summed E-state index contributed by atoms with van der Waals surface area (Å²) >= 11 is 0. The highest BCUT2D eigenvalue weighted by Gasteiger charge is 2.26. The first-order valence-corrected chi connectivity index (χ1v) is 7.73. The monoisotopic (exact) mass is 289 g/mol. The van der Waals surface area contributed by atoms with Crippen molar-refractivity contribution in [2.45, 2.75) is 58.5 Å². The molecule has 0 saturated carbocycles. The Hall–Kier alpha value is -1.55. The number of furan rings is 1. The Labute approximate surface area is 127 Å². The van der Waals surface area contributed by atoms with Gasteiger partial charge in [0.1, 0.15) is 11.5 Å². The number of hydrogen-bond acceptors (Lipinski definition) is 3. The van der Waals surface area contributed by atoms with Crippen LogP contribution in [0.1, 0.15) is 45.1 Å². The van der Waals surface area contributed by atoms with Gasteiger partial charge in [0, 0.05) is 30.4 Å². The summed E-state index contributed by atoms with van der Waals surface area (Å²) in [6, 6.07) is 4.61. The fourth-order valence-corrected chi connectivity index (χ4v) is 2.77. The van der Waals surface area contributed by atoms with Crippen LogP contribution in [0.4, 0.5) is 0 Å². The van der Waals surface area contributed by atoms with E-state index in [1.165, 1.54) is 0 Å². The highest BCUT2D eigenvalue weighted by molar-refractivity contribution is 5.15. The van der Waals surface area contributed by atoms with E-state index in [-0.39, 0.29) is 5.41 Å². The van der Waals surface area contributed by atoms with Gasteiger partial charge in [-0.05, 0) is 45.4 Å². The third kappa shape index (κ3) is 4.74. The second-order valence-corrected chi connectivity index (χ2v) is 6.51. The lowest BCUT2D eigenvalue weighted by molar-refractivity contribution is 0.318. The predicted molar refractivity (Wildman–Crippen MR) is 85.4 cm³/mol. The van der Waals surface area contributed by atoms with Crippen LogP contribution in [0.15, 0.2) is 35.3 Å². The molecule has 116 valence electrons. The number of imidazole rings is 1. The Bertz CT molecular complexity index is 528. The van der Waals surface area contributed by atoms with Crippen molar-refractivity contribution in [2.24, 2.45) is 0 Å². The van der Waals surface area contributed by atoms with Crippen molar-refractivity contribution in [2.75, 3.05) is 6.54 Å². The number of nitrogens with zero attached hydrogens (tertiary/aromatic N) is 2. The topological polar surface area (TPSA) is 43.0 Å². The summed E-state index contributed by atoms with van der Waals surface area (Å²) in [6.45, 7) is 10.8. The summed E-state index contributed by atoms with van der Waals surface area (Å²) in [7, 11) is 0. The Morgan fingerprint density at radius 3 is 2.81 bits per heavy atom. The van der Waals surface area contributed by atoms with Gasteiger partial charge in [-0.25, -0.2) is 4.98 Å². The summed E-state index contributed by atoms with van der Waals surface area (Å²) in [5.41, 5.74) is 0.0605. The van der Waals surface area contributed by atoms with Gasteiger partial charge in [0.15, 0.2) is 0 Å². The first kappa shape index (κ1) is 15.8. The molecule has 0 saturated heterocycles. The van der Waals surface area contributed by atoms with Crippen LogP contribution in [0.3, 0.4) is 0 Å². The largest absolute Gasteiger partial charge is 0.466 e.